The van der Waals surface area contributed by atoms with Gasteiger partial charge in [0.1, 0.15) is 5.69 Å². The zero-order valence-electron chi connectivity index (χ0n) is 18.3. The van der Waals surface area contributed by atoms with Crippen LogP contribution in [0.3, 0.4) is 0 Å². The van der Waals surface area contributed by atoms with Crippen LogP contribution >= 0.6 is 0 Å². The van der Waals surface area contributed by atoms with Crippen molar-refractivity contribution in [3.63, 3.8) is 0 Å². The van der Waals surface area contributed by atoms with Gasteiger partial charge in [-0.2, -0.15) is 5.10 Å². The van der Waals surface area contributed by atoms with Crippen molar-refractivity contribution in [3.05, 3.63) is 23.0 Å². The number of aromatic carboxylic acids is 1. The second-order valence-electron chi connectivity index (χ2n) is 9.87. The van der Waals surface area contributed by atoms with E-state index in [9.17, 15) is 9.90 Å². The highest BCUT2D eigenvalue weighted by atomic mass is 28.4. The van der Waals surface area contributed by atoms with Gasteiger partial charge in [0.15, 0.2) is 14.0 Å². The van der Waals surface area contributed by atoms with Crippen LogP contribution in [-0.4, -0.2) is 45.7 Å². The first-order valence-electron chi connectivity index (χ1n) is 9.85. The standard InChI is InChI=1S/C20H31N5O3Si/c1-19(2,3)29(6,7)28-9-8-25-16(17(26)27)13-15(24-25)14-12(10-20(13,4)5)11-22-18(21)23-14/h11H,8-10H2,1-7H3,(H,26,27)(H2,21,22,23). The minimum Gasteiger partial charge on any atom is -0.477 e. The number of carboxylic acid groups (broad SMARTS) is 1. The summed E-state index contributed by atoms with van der Waals surface area (Å²) < 4.78 is 7.80. The predicted octanol–water partition coefficient (Wildman–Crippen LogP) is 3.48. The molecule has 0 saturated heterocycles. The smallest absolute Gasteiger partial charge is 0.354 e. The molecular formula is C20H31N5O3Si. The molecule has 0 saturated carbocycles. The molecule has 0 fully saturated rings. The van der Waals surface area contributed by atoms with Crippen LogP contribution in [0, 0.1) is 0 Å². The number of nitrogen functional groups attached to an aromatic ring is 1. The van der Waals surface area contributed by atoms with E-state index < -0.39 is 19.7 Å². The van der Waals surface area contributed by atoms with Crippen molar-refractivity contribution >= 4 is 20.2 Å². The molecule has 1 aliphatic rings. The summed E-state index contributed by atoms with van der Waals surface area (Å²) in [7, 11) is -1.93. The number of hydrogen-bond acceptors (Lipinski definition) is 6. The summed E-state index contributed by atoms with van der Waals surface area (Å²) in [5.41, 5.74) is 8.41. The van der Waals surface area contributed by atoms with Crippen molar-refractivity contribution < 1.29 is 14.3 Å². The van der Waals surface area contributed by atoms with Crippen LogP contribution in [0.1, 0.15) is 56.2 Å². The third-order valence-electron chi connectivity index (χ3n) is 6.14. The molecular weight excluding hydrogens is 386 g/mol. The largest absolute Gasteiger partial charge is 0.477 e. The summed E-state index contributed by atoms with van der Waals surface area (Å²) in [6, 6.07) is 0. The van der Waals surface area contributed by atoms with Gasteiger partial charge in [0.05, 0.1) is 18.8 Å². The summed E-state index contributed by atoms with van der Waals surface area (Å²) in [5.74, 6) is -0.841. The van der Waals surface area contributed by atoms with Crippen LogP contribution in [0.4, 0.5) is 5.95 Å². The molecule has 29 heavy (non-hydrogen) atoms. The number of nitrogens with two attached hydrogens (primary N) is 1. The molecule has 0 bridgehead atoms. The third-order valence-corrected chi connectivity index (χ3v) is 10.7. The van der Waals surface area contributed by atoms with E-state index >= 15 is 0 Å². The predicted molar refractivity (Wildman–Crippen MR) is 115 cm³/mol. The maximum atomic E-state index is 12.2. The van der Waals surface area contributed by atoms with Crippen molar-refractivity contribution in [1.29, 1.82) is 0 Å². The molecule has 0 aliphatic heterocycles. The van der Waals surface area contributed by atoms with Gasteiger partial charge >= 0.3 is 5.97 Å². The molecule has 2 aromatic heterocycles. The molecule has 3 rings (SSSR count). The average Bonchev–Trinajstić information content (AvgIpc) is 2.95. The molecule has 158 valence electrons. The van der Waals surface area contributed by atoms with E-state index in [2.05, 4.69) is 48.9 Å². The minimum atomic E-state index is -1.93. The Morgan fingerprint density at radius 1 is 1.34 bits per heavy atom. The maximum absolute atomic E-state index is 12.2. The fourth-order valence-corrected chi connectivity index (χ4v) is 4.61. The number of aromatic nitrogens is 4. The lowest BCUT2D eigenvalue weighted by Crippen LogP contribution is -2.41. The van der Waals surface area contributed by atoms with E-state index in [-0.39, 0.29) is 16.7 Å². The molecule has 0 unspecified atom stereocenters. The molecule has 3 N–H and O–H groups in total. The van der Waals surface area contributed by atoms with E-state index in [1.165, 1.54) is 0 Å². The lowest BCUT2D eigenvalue weighted by molar-refractivity contribution is 0.0678. The quantitative estimate of drug-likeness (QED) is 0.715. The SMILES string of the molecule is CC1(C)Cc2cnc(N)nc2-c2nn(CCO[Si](C)(C)C(C)(C)C)c(C(=O)O)c21. The maximum Gasteiger partial charge on any atom is 0.354 e. The second kappa shape index (κ2) is 6.91. The fraction of sp³-hybridized carbons (Fsp3) is 0.600. The summed E-state index contributed by atoms with van der Waals surface area (Å²) in [5, 5.41) is 14.7. The van der Waals surface area contributed by atoms with E-state index in [0.29, 0.717) is 36.5 Å². The number of rotatable bonds is 5. The third kappa shape index (κ3) is 3.80. The van der Waals surface area contributed by atoms with Crippen LogP contribution in [-0.2, 0) is 22.8 Å². The van der Waals surface area contributed by atoms with Gasteiger partial charge < -0.3 is 15.3 Å². The molecule has 1 aliphatic carbocycles. The number of anilines is 1. The molecule has 0 radical (unpaired) electrons. The fourth-order valence-electron chi connectivity index (χ4n) is 3.57. The summed E-state index contributed by atoms with van der Waals surface area (Å²) in [6.07, 6.45) is 2.34. The number of hydrogen-bond donors (Lipinski definition) is 2. The highest BCUT2D eigenvalue weighted by molar-refractivity contribution is 6.74. The summed E-state index contributed by atoms with van der Waals surface area (Å²) >= 11 is 0. The minimum absolute atomic E-state index is 0.0847. The normalized spacial score (nSPS) is 15.7. The average molecular weight is 418 g/mol. The van der Waals surface area contributed by atoms with E-state index in [4.69, 9.17) is 10.2 Å². The lowest BCUT2D eigenvalue weighted by Gasteiger charge is -2.36. The van der Waals surface area contributed by atoms with Gasteiger partial charge in [-0.05, 0) is 35.5 Å². The highest BCUT2D eigenvalue weighted by Crippen LogP contribution is 2.43. The Kier molecular flexibility index (Phi) is 5.11. The summed E-state index contributed by atoms with van der Waals surface area (Å²) in [4.78, 5) is 20.6. The zero-order chi connectivity index (χ0) is 21.8. The molecule has 8 nitrogen and oxygen atoms in total. The van der Waals surface area contributed by atoms with Gasteiger partial charge in [-0.3, -0.25) is 4.68 Å². The molecule has 0 atom stereocenters. The Balaban J connectivity index is 2.02. The van der Waals surface area contributed by atoms with Gasteiger partial charge in [-0.15, -0.1) is 0 Å². The van der Waals surface area contributed by atoms with E-state index in [0.717, 1.165) is 5.56 Å². The lowest BCUT2D eigenvalue weighted by atomic mass is 9.73. The van der Waals surface area contributed by atoms with Crippen molar-refractivity contribution in [2.75, 3.05) is 12.3 Å². The number of nitrogens with zero attached hydrogens (tertiary/aromatic N) is 4. The molecule has 2 aromatic rings. The first-order chi connectivity index (χ1) is 13.2. The van der Waals surface area contributed by atoms with Crippen LogP contribution in [0.25, 0.3) is 11.4 Å². The topological polar surface area (TPSA) is 116 Å². The second-order valence-corrected chi connectivity index (χ2v) is 14.7. The Labute approximate surface area is 172 Å². The molecule has 0 amide bonds. The van der Waals surface area contributed by atoms with Gasteiger partial charge in [0.25, 0.3) is 0 Å². The van der Waals surface area contributed by atoms with Gasteiger partial charge in [0.2, 0.25) is 5.95 Å². The van der Waals surface area contributed by atoms with E-state index in [1.807, 2.05) is 13.8 Å². The molecule has 2 heterocycles. The van der Waals surface area contributed by atoms with Crippen molar-refractivity contribution in [1.82, 2.24) is 19.7 Å². The number of fused-ring (bicyclic) bond motifs is 3. The molecule has 0 spiro atoms. The van der Waals surface area contributed by atoms with Gasteiger partial charge in [-0.1, -0.05) is 34.6 Å². The Morgan fingerprint density at radius 3 is 2.59 bits per heavy atom. The molecule has 9 heteroatoms. The van der Waals surface area contributed by atoms with Gasteiger partial charge in [0, 0.05) is 11.8 Å². The van der Waals surface area contributed by atoms with E-state index in [1.54, 1.807) is 10.9 Å². The van der Waals surface area contributed by atoms with Crippen molar-refractivity contribution in [3.8, 4) is 11.4 Å². The monoisotopic (exact) mass is 417 g/mol. The van der Waals surface area contributed by atoms with Gasteiger partial charge in [-0.25, -0.2) is 14.8 Å². The highest BCUT2D eigenvalue weighted by Gasteiger charge is 2.41. The van der Waals surface area contributed by atoms with Crippen LogP contribution in [0.15, 0.2) is 6.20 Å². The Morgan fingerprint density at radius 2 is 2.00 bits per heavy atom. The first-order valence-corrected chi connectivity index (χ1v) is 12.8. The Bertz CT molecular complexity index is 960. The number of carbonyl (C=O) groups is 1. The molecule has 0 aromatic carbocycles. The van der Waals surface area contributed by atoms with Crippen LogP contribution in [0.5, 0.6) is 0 Å². The zero-order valence-corrected chi connectivity index (χ0v) is 19.3. The van der Waals surface area contributed by atoms with Crippen LogP contribution < -0.4 is 5.73 Å². The first kappa shape index (κ1) is 21.4. The van der Waals surface area contributed by atoms with Crippen molar-refractivity contribution in [2.45, 2.75) is 71.1 Å². The van der Waals surface area contributed by atoms with Crippen molar-refractivity contribution in [2.24, 2.45) is 0 Å². The van der Waals surface area contributed by atoms with Crippen LogP contribution in [0.2, 0.25) is 18.1 Å². The summed E-state index contributed by atoms with van der Waals surface area (Å²) in [6.45, 7) is 15.7. The Hall–Kier alpha value is -2.26. The number of carboxylic acids is 1.